The zero-order valence-corrected chi connectivity index (χ0v) is 9.92. The highest BCUT2D eigenvalue weighted by molar-refractivity contribution is 5.65. The van der Waals surface area contributed by atoms with E-state index in [1.54, 1.807) is 0 Å². The van der Waals surface area contributed by atoms with E-state index in [0.29, 0.717) is 0 Å². The molecule has 1 aliphatic rings. The predicted octanol–water partition coefficient (Wildman–Crippen LogP) is 1.44. The average molecular weight is 271 g/mol. The second-order valence-corrected chi connectivity index (χ2v) is 3.86. The SMILES string of the molecule is CC(=O)OC[C@H]1COc2cc([N+](=O)[O-])c(F)cc2O1. The van der Waals surface area contributed by atoms with Gasteiger partial charge in [-0.3, -0.25) is 14.9 Å². The molecule has 0 spiro atoms. The molecule has 1 aromatic rings. The molecule has 0 amide bonds. The van der Waals surface area contributed by atoms with Gasteiger partial charge in [-0.1, -0.05) is 0 Å². The number of fused-ring (bicyclic) bond motifs is 1. The van der Waals surface area contributed by atoms with Crippen molar-refractivity contribution in [1.29, 1.82) is 0 Å². The number of rotatable bonds is 3. The summed E-state index contributed by atoms with van der Waals surface area (Å²) in [4.78, 5) is 20.4. The second kappa shape index (κ2) is 5.09. The Morgan fingerprint density at radius 2 is 2.32 bits per heavy atom. The minimum atomic E-state index is -1.01. The molecule has 7 nitrogen and oxygen atoms in total. The molecule has 0 N–H and O–H groups in total. The molecule has 0 fully saturated rings. The van der Waals surface area contributed by atoms with Gasteiger partial charge in [-0.2, -0.15) is 4.39 Å². The Morgan fingerprint density at radius 1 is 1.58 bits per heavy atom. The van der Waals surface area contributed by atoms with Gasteiger partial charge in [-0.25, -0.2) is 0 Å². The Morgan fingerprint density at radius 3 is 2.95 bits per heavy atom. The molecule has 1 aromatic carbocycles. The smallest absolute Gasteiger partial charge is 0.308 e. The maximum absolute atomic E-state index is 13.4. The lowest BCUT2D eigenvalue weighted by Gasteiger charge is -2.25. The number of carbonyl (C=O) groups is 1. The number of carbonyl (C=O) groups excluding carboxylic acids is 1. The Hall–Kier alpha value is -2.38. The van der Waals surface area contributed by atoms with E-state index >= 15 is 0 Å². The van der Waals surface area contributed by atoms with Crippen molar-refractivity contribution in [2.75, 3.05) is 13.2 Å². The fourth-order valence-electron chi connectivity index (χ4n) is 1.56. The van der Waals surface area contributed by atoms with E-state index in [4.69, 9.17) is 14.2 Å². The first-order valence-electron chi connectivity index (χ1n) is 5.38. The van der Waals surface area contributed by atoms with E-state index in [9.17, 15) is 19.3 Å². The number of halogens is 1. The van der Waals surface area contributed by atoms with Crippen molar-refractivity contribution in [1.82, 2.24) is 0 Å². The van der Waals surface area contributed by atoms with Gasteiger partial charge in [-0.05, 0) is 0 Å². The zero-order chi connectivity index (χ0) is 14.0. The van der Waals surface area contributed by atoms with Crippen LogP contribution in [-0.2, 0) is 9.53 Å². The molecular formula is C11H10FNO6. The molecule has 0 radical (unpaired) electrons. The van der Waals surface area contributed by atoms with Crippen molar-refractivity contribution in [2.24, 2.45) is 0 Å². The van der Waals surface area contributed by atoms with Crippen LogP contribution in [-0.4, -0.2) is 30.2 Å². The number of benzene rings is 1. The van der Waals surface area contributed by atoms with Crippen molar-refractivity contribution in [3.05, 3.63) is 28.1 Å². The van der Waals surface area contributed by atoms with Crippen LogP contribution in [0.1, 0.15) is 6.92 Å². The van der Waals surface area contributed by atoms with Crippen LogP contribution in [0.15, 0.2) is 12.1 Å². The van der Waals surface area contributed by atoms with E-state index in [-0.39, 0.29) is 24.7 Å². The van der Waals surface area contributed by atoms with Crippen LogP contribution in [0.4, 0.5) is 10.1 Å². The van der Waals surface area contributed by atoms with Gasteiger partial charge in [0.15, 0.2) is 17.6 Å². The van der Waals surface area contributed by atoms with Crippen LogP contribution in [0.5, 0.6) is 11.5 Å². The summed E-state index contributed by atoms with van der Waals surface area (Å²) in [5.41, 5.74) is -0.680. The molecular weight excluding hydrogens is 261 g/mol. The molecule has 19 heavy (non-hydrogen) atoms. The Kier molecular flexibility index (Phi) is 3.50. The third-order valence-electron chi connectivity index (χ3n) is 2.40. The highest BCUT2D eigenvalue weighted by Gasteiger charge is 2.27. The molecule has 0 aliphatic carbocycles. The molecule has 0 unspecified atom stereocenters. The van der Waals surface area contributed by atoms with Crippen LogP contribution < -0.4 is 9.47 Å². The van der Waals surface area contributed by atoms with Crippen LogP contribution >= 0.6 is 0 Å². The number of hydrogen-bond donors (Lipinski definition) is 0. The summed E-state index contributed by atoms with van der Waals surface area (Å²) < 4.78 is 28.7. The highest BCUT2D eigenvalue weighted by atomic mass is 19.1. The fourth-order valence-corrected chi connectivity index (χ4v) is 1.56. The molecule has 0 saturated heterocycles. The number of esters is 1. The molecule has 8 heteroatoms. The quantitative estimate of drug-likeness (QED) is 0.469. The zero-order valence-electron chi connectivity index (χ0n) is 9.92. The lowest BCUT2D eigenvalue weighted by Crippen LogP contribution is -2.34. The van der Waals surface area contributed by atoms with E-state index < -0.39 is 28.5 Å². The maximum atomic E-state index is 13.4. The number of nitro benzene ring substituents is 1. The minimum Gasteiger partial charge on any atom is -0.485 e. The largest absolute Gasteiger partial charge is 0.485 e. The van der Waals surface area contributed by atoms with E-state index in [0.717, 1.165) is 12.1 Å². The predicted molar refractivity (Wildman–Crippen MR) is 59.6 cm³/mol. The van der Waals surface area contributed by atoms with E-state index in [1.807, 2.05) is 0 Å². The summed E-state index contributed by atoms with van der Waals surface area (Å²) in [5.74, 6) is -1.34. The van der Waals surface area contributed by atoms with Crippen molar-refractivity contribution in [3.8, 4) is 11.5 Å². The summed E-state index contributed by atoms with van der Waals surface area (Å²) in [6.45, 7) is 1.27. The number of hydrogen-bond acceptors (Lipinski definition) is 6. The van der Waals surface area contributed by atoms with Crippen molar-refractivity contribution in [3.63, 3.8) is 0 Å². The van der Waals surface area contributed by atoms with Crippen molar-refractivity contribution in [2.45, 2.75) is 13.0 Å². The topological polar surface area (TPSA) is 87.9 Å². The Bertz CT molecular complexity index is 532. The van der Waals surface area contributed by atoms with Gasteiger partial charge in [-0.15, -0.1) is 0 Å². The molecule has 1 atom stereocenters. The van der Waals surface area contributed by atoms with Gasteiger partial charge in [0.25, 0.3) is 0 Å². The standard InChI is InChI=1S/C11H10FNO6/c1-6(14)17-4-7-5-18-10-3-9(13(15)16)8(12)2-11(10)19-7/h2-3,7H,4-5H2,1H3/t7-/m0/s1. The molecule has 102 valence electrons. The third-order valence-corrected chi connectivity index (χ3v) is 2.40. The van der Waals surface area contributed by atoms with Gasteiger partial charge in [0.2, 0.25) is 5.82 Å². The molecule has 0 aromatic heterocycles. The fraction of sp³-hybridized carbons (Fsp3) is 0.364. The number of ether oxygens (including phenoxy) is 3. The van der Waals surface area contributed by atoms with Gasteiger partial charge >= 0.3 is 11.7 Å². The summed E-state index contributed by atoms with van der Waals surface area (Å²) >= 11 is 0. The minimum absolute atomic E-state index is 0.0343. The van der Waals surface area contributed by atoms with Gasteiger partial charge < -0.3 is 14.2 Å². The van der Waals surface area contributed by atoms with E-state index in [2.05, 4.69) is 0 Å². The van der Waals surface area contributed by atoms with Crippen molar-refractivity contribution < 1.29 is 28.3 Å². The summed E-state index contributed by atoms with van der Waals surface area (Å²) in [6.07, 6.45) is -0.572. The van der Waals surface area contributed by atoms with Gasteiger partial charge in [0.1, 0.15) is 13.2 Å². The van der Waals surface area contributed by atoms with E-state index in [1.165, 1.54) is 6.92 Å². The van der Waals surface area contributed by atoms with Crippen LogP contribution in [0.2, 0.25) is 0 Å². The Balaban J connectivity index is 2.15. The molecule has 1 heterocycles. The second-order valence-electron chi connectivity index (χ2n) is 3.86. The summed E-state index contributed by atoms with van der Waals surface area (Å²) in [6, 6.07) is 1.85. The van der Waals surface area contributed by atoms with Crippen LogP contribution in [0.25, 0.3) is 0 Å². The molecule has 0 bridgehead atoms. The van der Waals surface area contributed by atoms with Gasteiger partial charge in [0.05, 0.1) is 11.0 Å². The van der Waals surface area contributed by atoms with Gasteiger partial charge in [0, 0.05) is 13.0 Å². The molecule has 0 saturated carbocycles. The average Bonchev–Trinajstić information content (AvgIpc) is 2.34. The lowest BCUT2D eigenvalue weighted by atomic mass is 10.2. The monoisotopic (exact) mass is 271 g/mol. The Labute approximate surface area is 107 Å². The first-order valence-corrected chi connectivity index (χ1v) is 5.38. The number of nitro groups is 1. The third kappa shape index (κ3) is 2.90. The lowest BCUT2D eigenvalue weighted by molar-refractivity contribution is -0.387. The summed E-state index contributed by atoms with van der Waals surface area (Å²) in [7, 11) is 0. The summed E-state index contributed by atoms with van der Waals surface area (Å²) in [5, 5.41) is 10.6. The first kappa shape index (κ1) is 13.1. The molecule has 2 rings (SSSR count). The van der Waals surface area contributed by atoms with Crippen molar-refractivity contribution >= 4 is 11.7 Å². The molecule has 1 aliphatic heterocycles. The highest BCUT2D eigenvalue weighted by Crippen LogP contribution is 2.36. The van der Waals surface area contributed by atoms with Crippen LogP contribution in [0, 0.1) is 15.9 Å². The van der Waals surface area contributed by atoms with Crippen LogP contribution in [0.3, 0.4) is 0 Å². The maximum Gasteiger partial charge on any atom is 0.308 e. The first-order chi connectivity index (χ1) is 8.97. The normalized spacial score (nSPS) is 16.8. The number of nitrogens with zero attached hydrogens (tertiary/aromatic N) is 1.